The molecule has 3 heteroatoms. The largest absolute Gasteiger partial charge is 0.372 e. The number of nitrogens with zero attached hydrogens (tertiary/aromatic N) is 1. The molecule has 20 heavy (non-hydrogen) atoms. The fraction of sp³-hybridized carbons (Fsp3) is 0.647. The number of benzene rings is 1. The Labute approximate surface area is 121 Å². The smallest absolute Gasteiger partial charge is 0.146 e. The van der Waals surface area contributed by atoms with Crippen molar-refractivity contribution >= 4 is 5.69 Å². The van der Waals surface area contributed by atoms with Gasteiger partial charge in [-0.05, 0) is 61.6 Å². The van der Waals surface area contributed by atoms with Gasteiger partial charge in [0.1, 0.15) is 5.82 Å². The molecule has 0 spiro atoms. The summed E-state index contributed by atoms with van der Waals surface area (Å²) in [5.74, 6) is 2.47. The van der Waals surface area contributed by atoms with Crippen LogP contribution in [0.2, 0.25) is 0 Å². The lowest BCUT2D eigenvalue weighted by molar-refractivity contribution is 0.336. The molecule has 1 aromatic carbocycles. The van der Waals surface area contributed by atoms with Crippen LogP contribution in [0.15, 0.2) is 18.2 Å². The second-order valence-electron chi connectivity index (χ2n) is 6.60. The van der Waals surface area contributed by atoms with Gasteiger partial charge in [0.2, 0.25) is 0 Å². The Hall–Kier alpha value is -1.09. The summed E-state index contributed by atoms with van der Waals surface area (Å²) in [6, 6.07) is 5.35. The van der Waals surface area contributed by atoms with E-state index < -0.39 is 0 Å². The maximum absolute atomic E-state index is 14.2. The van der Waals surface area contributed by atoms with Crippen molar-refractivity contribution in [3.8, 4) is 0 Å². The van der Waals surface area contributed by atoms with Crippen LogP contribution in [0.25, 0.3) is 0 Å². The summed E-state index contributed by atoms with van der Waals surface area (Å²) in [6.07, 6.45) is 6.30. The average molecular weight is 276 g/mol. The van der Waals surface area contributed by atoms with Gasteiger partial charge in [-0.25, -0.2) is 4.39 Å². The van der Waals surface area contributed by atoms with Crippen LogP contribution in [-0.4, -0.2) is 20.1 Å². The van der Waals surface area contributed by atoms with Crippen molar-refractivity contribution in [2.45, 2.75) is 32.1 Å². The number of nitrogens with two attached hydrogens (primary N) is 1. The Morgan fingerprint density at radius 2 is 2.15 bits per heavy atom. The van der Waals surface area contributed by atoms with Gasteiger partial charge in [-0.2, -0.15) is 0 Å². The monoisotopic (exact) mass is 276 g/mol. The first-order chi connectivity index (χ1) is 9.69. The van der Waals surface area contributed by atoms with Crippen molar-refractivity contribution in [2.75, 3.05) is 25.0 Å². The molecular weight excluding hydrogens is 251 g/mol. The summed E-state index contributed by atoms with van der Waals surface area (Å²) >= 11 is 0. The minimum atomic E-state index is -0.110. The van der Waals surface area contributed by atoms with Crippen LogP contribution >= 0.6 is 0 Å². The number of hydrogen-bond donors (Lipinski definition) is 1. The SMILES string of the molecule is CN(CC1CC2CCC1C2)c1c(F)cccc1CCN. The van der Waals surface area contributed by atoms with Gasteiger partial charge in [-0.1, -0.05) is 18.6 Å². The van der Waals surface area contributed by atoms with Gasteiger partial charge >= 0.3 is 0 Å². The van der Waals surface area contributed by atoms with Gasteiger partial charge in [0.05, 0.1) is 5.69 Å². The Balaban J connectivity index is 1.75. The summed E-state index contributed by atoms with van der Waals surface area (Å²) < 4.78 is 14.2. The van der Waals surface area contributed by atoms with E-state index in [0.717, 1.165) is 42.0 Å². The van der Waals surface area contributed by atoms with Crippen LogP contribution in [0, 0.1) is 23.6 Å². The third kappa shape index (κ3) is 2.56. The molecule has 1 aromatic rings. The van der Waals surface area contributed by atoms with Crippen LogP contribution in [0.4, 0.5) is 10.1 Å². The fourth-order valence-electron chi connectivity index (χ4n) is 4.39. The molecule has 110 valence electrons. The summed E-state index contributed by atoms with van der Waals surface area (Å²) in [6.45, 7) is 1.55. The molecule has 0 radical (unpaired) electrons. The zero-order valence-electron chi connectivity index (χ0n) is 12.3. The molecule has 2 bridgehead atoms. The molecule has 0 aromatic heterocycles. The summed E-state index contributed by atoms with van der Waals surface area (Å²) in [4.78, 5) is 2.13. The van der Waals surface area contributed by atoms with E-state index in [0.29, 0.717) is 6.54 Å². The second kappa shape index (κ2) is 5.72. The zero-order chi connectivity index (χ0) is 14.1. The third-order valence-electron chi connectivity index (χ3n) is 5.26. The normalized spacial score (nSPS) is 28.1. The highest BCUT2D eigenvalue weighted by atomic mass is 19.1. The van der Waals surface area contributed by atoms with Crippen LogP contribution in [-0.2, 0) is 6.42 Å². The number of para-hydroxylation sites is 1. The molecule has 2 saturated carbocycles. The molecule has 3 unspecified atom stereocenters. The number of fused-ring (bicyclic) bond motifs is 2. The Bertz CT molecular complexity index is 474. The third-order valence-corrected chi connectivity index (χ3v) is 5.26. The lowest BCUT2D eigenvalue weighted by Crippen LogP contribution is -2.30. The van der Waals surface area contributed by atoms with Gasteiger partial charge in [0.25, 0.3) is 0 Å². The minimum absolute atomic E-state index is 0.110. The molecule has 3 atom stereocenters. The maximum atomic E-state index is 14.2. The van der Waals surface area contributed by atoms with E-state index >= 15 is 0 Å². The number of rotatable bonds is 5. The van der Waals surface area contributed by atoms with Crippen molar-refractivity contribution in [3.05, 3.63) is 29.6 Å². The van der Waals surface area contributed by atoms with Crippen molar-refractivity contribution < 1.29 is 4.39 Å². The first-order valence-corrected chi connectivity index (χ1v) is 7.87. The van der Waals surface area contributed by atoms with E-state index in [1.165, 1.54) is 25.7 Å². The zero-order valence-corrected chi connectivity index (χ0v) is 12.3. The van der Waals surface area contributed by atoms with Crippen molar-refractivity contribution in [2.24, 2.45) is 23.5 Å². The fourth-order valence-corrected chi connectivity index (χ4v) is 4.39. The minimum Gasteiger partial charge on any atom is -0.372 e. The topological polar surface area (TPSA) is 29.3 Å². The van der Waals surface area contributed by atoms with E-state index in [1.807, 2.05) is 13.1 Å². The maximum Gasteiger partial charge on any atom is 0.146 e. The molecule has 0 heterocycles. The average Bonchev–Trinajstić information content (AvgIpc) is 3.01. The van der Waals surface area contributed by atoms with Crippen molar-refractivity contribution in [1.29, 1.82) is 0 Å². The molecule has 0 saturated heterocycles. The quantitative estimate of drug-likeness (QED) is 0.895. The molecule has 3 rings (SSSR count). The van der Waals surface area contributed by atoms with E-state index in [9.17, 15) is 4.39 Å². The molecule has 2 aliphatic carbocycles. The highest BCUT2D eigenvalue weighted by Gasteiger charge is 2.39. The highest BCUT2D eigenvalue weighted by molar-refractivity contribution is 5.54. The van der Waals surface area contributed by atoms with E-state index in [4.69, 9.17) is 5.73 Å². The summed E-state index contributed by atoms with van der Waals surface area (Å²) in [5.41, 5.74) is 7.46. The second-order valence-corrected chi connectivity index (χ2v) is 6.60. The number of halogens is 1. The van der Waals surface area contributed by atoms with Gasteiger partial charge < -0.3 is 10.6 Å². The Kier molecular flexibility index (Phi) is 3.97. The van der Waals surface area contributed by atoms with Crippen LogP contribution < -0.4 is 10.6 Å². The molecule has 0 amide bonds. The highest BCUT2D eigenvalue weighted by Crippen LogP contribution is 2.48. The lowest BCUT2D eigenvalue weighted by atomic mass is 9.88. The predicted molar refractivity (Wildman–Crippen MR) is 81.4 cm³/mol. The van der Waals surface area contributed by atoms with E-state index in [2.05, 4.69) is 4.90 Å². The van der Waals surface area contributed by atoms with Crippen LogP contribution in [0.5, 0.6) is 0 Å². The summed E-state index contributed by atoms with van der Waals surface area (Å²) in [7, 11) is 2.03. The van der Waals surface area contributed by atoms with E-state index in [1.54, 1.807) is 12.1 Å². The number of hydrogen-bond acceptors (Lipinski definition) is 2. The van der Waals surface area contributed by atoms with Gasteiger partial charge in [0.15, 0.2) is 0 Å². The van der Waals surface area contributed by atoms with Crippen LogP contribution in [0.1, 0.15) is 31.2 Å². The van der Waals surface area contributed by atoms with E-state index in [-0.39, 0.29) is 5.82 Å². The molecule has 2 fully saturated rings. The number of anilines is 1. The standard InChI is InChI=1S/C17H25FN2/c1-20(11-15-10-12-5-6-14(15)9-12)17-13(7-8-19)3-2-4-16(17)18/h2-4,12,14-15H,5-11,19H2,1H3. The Morgan fingerprint density at radius 1 is 1.30 bits per heavy atom. The van der Waals surface area contributed by atoms with Gasteiger partial charge in [0, 0.05) is 13.6 Å². The van der Waals surface area contributed by atoms with Crippen LogP contribution in [0.3, 0.4) is 0 Å². The van der Waals surface area contributed by atoms with Gasteiger partial charge in [-0.15, -0.1) is 0 Å². The molecule has 2 aliphatic rings. The first kappa shape index (κ1) is 13.9. The molecule has 2 nitrogen and oxygen atoms in total. The lowest BCUT2D eigenvalue weighted by Gasteiger charge is -2.30. The summed E-state index contributed by atoms with van der Waals surface area (Å²) in [5, 5.41) is 0. The molecule has 0 aliphatic heterocycles. The molecule has 2 N–H and O–H groups in total. The van der Waals surface area contributed by atoms with Crippen molar-refractivity contribution in [3.63, 3.8) is 0 Å². The first-order valence-electron chi connectivity index (χ1n) is 7.87. The van der Waals surface area contributed by atoms with Crippen molar-refractivity contribution in [1.82, 2.24) is 0 Å². The Morgan fingerprint density at radius 3 is 2.80 bits per heavy atom. The molecular formula is C17H25FN2. The van der Waals surface area contributed by atoms with Gasteiger partial charge in [-0.3, -0.25) is 0 Å². The predicted octanol–water partition coefficient (Wildman–Crippen LogP) is 3.20.